The second-order valence-corrected chi connectivity index (χ2v) is 3.43. The number of piperazine rings is 1. The zero-order valence-corrected chi connectivity index (χ0v) is 7.95. The number of nitrogens with zero attached hydrogens (tertiary/aromatic N) is 3. The molecule has 0 bridgehead atoms. The number of aryl methyl sites for hydroxylation is 1. The van der Waals surface area contributed by atoms with Gasteiger partial charge in [0.25, 0.3) is 0 Å². The lowest BCUT2D eigenvalue weighted by atomic mass is 10.2. The van der Waals surface area contributed by atoms with Crippen molar-refractivity contribution in [3.05, 3.63) is 5.82 Å². The maximum Gasteiger partial charge on any atom is 0.324 e. The van der Waals surface area contributed by atoms with Gasteiger partial charge in [-0.2, -0.15) is 4.98 Å². The van der Waals surface area contributed by atoms with Gasteiger partial charge in [-0.15, -0.1) is 0 Å². The number of hydrogen-bond acceptors (Lipinski definition) is 5. The Morgan fingerprint density at radius 3 is 3.08 bits per heavy atom. The van der Waals surface area contributed by atoms with Crippen molar-refractivity contribution in [2.75, 3.05) is 24.5 Å². The van der Waals surface area contributed by atoms with Gasteiger partial charge in [-0.05, 0) is 13.8 Å². The lowest BCUT2D eigenvalue weighted by Crippen LogP contribution is -2.49. The molecular formula is C8H14N4O. The van der Waals surface area contributed by atoms with E-state index >= 15 is 0 Å². The predicted octanol–water partition coefficient (Wildman–Crippen LogP) is 0.176. The van der Waals surface area contributed by atoms with Crippen molar-refractivity contribution in [3.8, 4) is 0 Å². The van der Waals surface area contributed by atoms with Crippen molar-refractivity contribution in [3.63, 3.8) is 0 Å². The summed E-state index contributed by atoms with van der Waals surface area (Å²) in [6, 6.07) is 1.13. The minimum atomic E-state index is 0.487. The average Bonchev–Trinajstić information content (AvgIpc) is 2.52. The Labute approximate surface area is 77.1 Å². The molecule has 1 N–H and O–H groups in total. The molecule has 0 radical (unpaired) electrons. The number of rotatable bonds is 1. The lowest BCUT2D eigenvalue weighted by molar-refractivity contribution is 0.387. The molecule has 1 atom stereocenters. The van der Waals surface area contributed by atoms with Gasteiger partial charge in [0.1, 0.15) is 0 Å². The van der Waals surface area contributed by atoms with Gasteiger partial charge in [-0.25, -0.2) is 0 Å². The summed E-state index contributed by atoms with van der Waals surface area (Å²) in [7, 11) is 0. The molecule has 72 valence electrons. The Balaban J connectivity index is 2.08. The van der Waals surface area contributed by atoms with Crippen LogP contribution in [-0.4, -0.2) is 35.8 Å². The Morgan fingerprint density at radius 1 is 1.62 bits per heavy atom. The molecule has 1 aliphatic rings. The summed E-state index contributed by atoms with van der Waals surface area (Å²) in [5, 5.41) is 7.13. The Morgan fingerprint density at radius 2 is 2.46 bits per heavy atom. The van der Waals surface area contributed by atoms with E-state index in [-0.39, 0.29) is 0 Å². The number of hydrogen-bond donors (Lipinski definition) is 1. The van der Waals surface area contributed by atoms with Gasteiger partial charge in [0, 0.05) is 25.7 Å². The topological polar surface area (TPSA) is 54.2 Å². The molecular weight excluding hydrogens is 168 g/mol. The minimum absolute atomic E-state index is 0.487. The van der Waals surface area contributed by atoms with Crippen molar-refractivity contribution in [1.29, 1.82) is 0 Å². The molecule has 0 amide bonds. The summed E-state index contributed by atoms with van der Waals surface area (Å²) in [5.41, 5.74) is 0. The largest absolute Gasteiger partial charge is 0.324 e. The quantitative estimate of drug-likeness (QED) is 0.671. The molecule has 1 aromatic heterocycles. The summed E-state index contributed by atoms with van der Waals surface area (Å²) in [5.74, 6) is 0.696. The van der Waals surface area contributed by atoms with Crippen LogP contribution >= 0.6 is 0 Å². The molecule has 5 nitrogen and oxygen atoms in total. The molecule has 2 heterocycles. The molecule has 0 aromatic carbocycles. The molecule has 5 heteroatoms. The first kappa shape index (κ1) is 8.50. The van der Waals surface area contributed by atoms with E-state index in [1.165, 1.54) is 0 Å². The van der Waals surface area contributed by atoms with E-state index in [0.717, 1.165) is 19.6 Å². The smallest absolute Gasteiger partial charge is 0.322 e. The van der Waals surface area contributed by atoms with Crippen LogP contribution < -0.4 is 10.2 Å². The molecule has 0 saturated carbocycles. The van der Waals surface area contributed by atoms with Gasteiger partial charge in [0.15, 0.2) is 5.82 Å². The molecule has 13 heavy (non-hydrogen) atoms. The van der Waals surface area contributed by atoms with Crippen molar-refractivity contribution in [2.24, 2.45) is 0 Å². The molecule has 2 rings (SSSR count). The Bertz CT molecular complexity index is 285. The summed E-state index contributed by atoms with van der Waals surface area (Å²) >= 11 is 0. The Hall–Kier alpha value is -1.10. The monoisotopic (exact) mass is 182 g/mol. The fourth-order valence-electron chi connectivity index (χ4n) is 1.52. The minimum Gasteiger partial charge on any atom is -0.322 e. The van der Waals surface area contributed by atoms with Crippen molar-refractivity contribution >= 4 is 6.01 Å². The fourth-order valence-corrected chi connectivity index (χ4v) is 1.52. The fraction of sp³-hybridized carbons (Fsp3) is 0.750. The number of anilines is 1. The normalized spacial score (nSPS) is 23.5. The third-order valence-corrected chi connectivity index (χ3v) is 2.16. The highest BCUT2D eigenvalue weighted by molar-refractivity contribution is 5.26. The van der Waals surface area contributed by atoms with Crippen LogP contribution in [0.5, 0.6) is 0 Å². The van der Waals surface area contributed by atoms with Crippen LogP contribution in [0, 0.1) is 6.92 Å². The molecule has 0 aliphatic carbocycles. The second-order valence-electron chi connectivity index (χ2n) is 3.43. The van der Waals surface area contributed by atoms with E-state index in [1.807, 2.05) is 6.92 Å². The van der Waals surface area contributed by atoms with Crippen LogP contribution in [0.2, 0.25) is 0 Å². The third kappa shape index (κ3) is 1.80. The van der Waals surface area contributed by atoms with E-state index in [1.54, 1.807) is 0 Å². The lowest BCUT2D eigenvalue weighted by Gasteiger charge is -2.29. The number of aromatic nitrogens is 2. The molecule has 1 aromatic rings. The predicted molar refractivity (Wildman–Crippen MR) is 48.7 cm³/mol. The molecule has 1 saturated heterocycles. The van der Waals surface area contributed by atoms with E-state index in [2.05, 4.69) is 27.3 Å². The molecule has 0 unspecified atom stereocenters. The van der Waals surface area contributed by atoms with Crippen LogP contribution in [0.3, 0.4) is 0 Å². The van der Waals surface area contributed by atoms with Crippen LogP contribution in [0.1, 0.15) is 12.7 Å². The third-order valence-electron chi connectivity index (χ3n) is 2.16. The SMILES string of the molecule is Cc1noc(N2CCN[C@H](C)C2)n1. The Kier molecular flexibility index (Phi) is 2.18. The number of nitrogens with one attached hydrogen (secondary N) is 1. The first-order chi connectivity index (χ1) is 6.25. The van der Waals surface area contributed by atoms with E-state index < -0.39 is 0 Å². The summed E-state index contributed by atoms with van der Waals surface area (Å²) < 4.78 is 5.09. The van der Waals surface area contributed by atoms with Crippen molar-refractivity contribution in [2.45, 2.75) is 19.9 Å². The standard InChI is InChI=1S/C8H14N4O/c1-6-5-12(4-3-9-6)8-10-7(2)11-13-8/h6,9H,3-5H2,1-2H3/t6-/m1/s1. The second kappa shape index (κ2) is 3.33. The van der Waals surface area contributed by atoms with Crippen LogP contribution in [-0.2, 0) is 0 Å². The van der Waals surface area contributed by atoms with Gasteiger partial charge in [-0.1, -0.05) is 5.16 Å². The molecule has 1 aliphatic heterocycles. The van der Waals surface area contributed by atoms with Crippen molar-refractivity contribution in [1.82, 2.24) is 15.5 Å². The highest BCUT2D eigenvalue weighted by Gasteiger charge is 2.19. The van der Waals surface area contributed by atoms with Crippen LogP contribution in [0.15, 0.2) is 4.52 Å². The zero-order chi connectivity index (χ0) is 9.26. The molecule has 0 spiro atoms. The first-order valence-electron chi connectivity index (χ1n) is 4.54. The summed E-state index contributed by atoms with van der Waals surface area (Å²) in [4.78, 5) is 6.30. The maximum atomic E-state index is 5.09. The average molecular weight is 182 g/mol. The highest BCUT2D eigenvalue weighted by atomic mass is 16.5. The van der Waals surface area contributed by atoms with Crippen molar-refractivity contribution < 1.29 is 4.52 Å². The van der Waals surface area contributed by atoms with Gasteiger partial charge in [-0.3, -0.25) is 0 Å². The van der Waals surface area contributed by atoms with Gasteiger partial charge in [0.05, 0.1) is 0 Å². The zero-order valence-electron chi connectivity index (χ0n) is 7.95. The van der Waals surface area contributed by atoms with Gasteiger partial charge < -0.3 is 14.7 Å². The van der Waals surface area contributed by atoms with Gasteiger partial charge in [0.2, 0.25) is 0 Å². The summed E-state index contributed by atoms with van der Waals surface area (Å²) in [6.07, 6.45) is 0. The first-order valence-corrected chi connectivity index (χ1v) is 4.54. The van der Waals surface area contributed by atoms with Gasteiger partial charge >= 0.3 is 6.01 Å². The molecule has 1 fully saturated rings. The van der Waals surface area contributed by atoms with Crippen LogP contribution in [0.4, 0.5) is 6.01 Å². The highest BCUT2D eigenvalue weighted by Crippen LogP contribution is 2.12. The van der Waals surface area contributed by atoms with Crippen LogP contribution in [0.25, 0.3) is 0 Å². The van der Waals surface area contributed by atoms with E-state index in [4.69, 9.17) is 4.52 Å². The maximum absolute atomic E-state index is 5.09. The van der Waals surface area contributed by atoms with E-state index in [9.17, 15) is 0 Å². The summed E-state index contributed by atoms with van der Waals surface area (Å²) in [6.45, 7) is 6.82. The van der Waals surface area contributed by atoms with E-state index in [0.29, 0.717) is 17.9 Å².